The van der Waals surface area contributed by atoms with Crippen LogP contribution < -0.4 is 0 Å². The Labute approximate surface area is 581 Å². The molecular formula is C76H148O17P2. The average molecular weight is 1400 g/mol. The fourth-order valence-corrected chi connectivity index (χ4v) is 13.2. The van der Waals surface area contributed by atoms with Gasteiger partial charge in [-0.15, -0.1) is 0 Å². The molecule has 3 N–H and O–H groups in total. The Bertz CT molecular complexity index is 1840. The minimum Gasteiger partial charge on any atom is -0.462 e. The van der Waals surface area contributed by atoms with E-state index in [1.165, 1.54) is 212 Å². The van der Waals surface area contributed by atoms with Crippen LogP contribution >= 0.6 is 15.6 Å². The van der Waals surface area contributed by atoms with E-state index in [4.69, 9.17) is 37.0 Å². The van der Waals surface area contributed by atoms with Crippen LogP contribution in [-0.4, -0.2) is 96.7 Å². The Morgan fingerprint density at radius 1 is 0.284 bits per heavy atom. The number of hydrogen-bond acceptors (Lipinski definition) is 15. The van der Waals surface area contributed by atoms with E-state index >= 15 is 0 Å². The number of rotatable bonds is 75. The van der Waals surface area contributed by atoms with E-state index in [-0.39, 0.29) is 25.7 Å². The molecule has 564 valence electrons. The van der Waals surface area contributed by atoms with Crippen molar-refractivity contribution in [1.82, 2.24) is 0 Å². The Balaban J connectivity index is 5.25. The van der Waals surface area contributed by atoms with Crippen LogP contribution in [-0.2, 0) is 65.4 Å². The molecule has 0 amide bonds. The van der Waals surface area contributed by atoms with Crippen molar-refractivity contribution >= 4 is 39.5 Å². The van der Waals surface area contributed by atoms with E-state index in [1.807, 2.05) is 0 Å². The first-order chi connectivity index (χ1) is 45.9. The minimum absolute atomic E-state index is 0.106. The zero-order valence-corrected chi connectivity index (χ0v) is 63.8. The SMILES string of the molecule is CCCCCCCCCCCCCCCCCC(=O)OC[C@H](COP(=O)(O)OC[C@@H](O)COP(=O)(O)OC[C@@H](COC(=O)CCCCCCCCCCCC)OC(=O)CCCCCCCCCCCCC(C)C)OC(=O)CCCCCCCCCCCCCCCCC(C)C. The lowest BCUT2D eigenvalue weighted by Crippen LogP contribution is -2.30. The summed E-state index contributed by atoms with van der Waals surface area (Å²) >= 11 is 0. The van der Waals surface area contributed by atoms with Crippen LogP contribution in [0.2, 0.25) is 0 Å². The Kier molecular flexibility index (Phi) is 66.5. The van der Waals surface area contributed by atoms with Gasteiger partial charge in [-0.05, 0) is 37.5 Å². The van der Waals surface area contributed by atoms with Crippen molar-refractivity contribution in [2.45, 2.75) is 413 Å². The molecule has 0 aliphatic rings. The van der Waals surface area contributed by atoms with Crippen LogP contribution in [0.4, 0.5) is 0 Å². The lowest BCUT2D eigenvalue weighted by atomic mass is 10.0. The van der Waals surface area contributed by atoms with Gasteiger partial charge in [-0.25, -0.2) is 9.13 Å². The summed E-state index contributed by atoms with van der Waals surface area (Å²) in [5, 5.41) is 10.6. The molecule has 0 radical (unpaired) electrons. The highest BCUT2D eigenvalue weighted by Gasteiger charge is 2.30. The Morgan fingerprint density at radius 2 is 0.484 bits per heavy atom. The van der Waals surface area contributed by atoms with E-state index in [2.05, 4.69) is 41.5 Å². The molecule has 0 fully saturated rings. The molecule has 0 aliphatic heterocycles. The fraction of sp³-hybridized carbons (Fsp3) is 0.947. The number of aliphatic hydroxyl groups excluding tert-OH is 1. The van der Waals surface area contributed by atoms with Gasteiger partial charge in [-0.1, -0.05) is 343 Å². The van der Waals surface area contributed by atoms with Crippen molar-refractivity contribution in [3.05, 3.63) is 0 Å². The topological polar surface area (TPSA) is 237 Å². The molecule has 0 saturated carbocycles. The second-order valence-corrected chi connectivity index (χ2v) is 31.3. The van der Waals surface area contributed by atoms with Crippen LogP contribution in [0, 0.1) is 11.8 Å². The molecule has 0 bridgehead atoms. The number of phosphoric acid groups is 2. The summed E-state index contributed by atoms with van der Waals surface area (Å²) in [6.45, 7) is 9.61. The third-order valence-electron chi connectivity index (χ3n) is 17.7. The maximum absolute atomic E-state index is 13.1. The second-order valence-electron chi connectivity index (χ2n) is 28.3. The highest BCUT2D eigenvalue weighted by molar-refractivity contribution is 7.47. The lowest BCUT2D eigenvalue weighted by Gasteiger charge is -2.21. The third-order valence-corrected chi connectivity index (χ3v) is 19.6. The number of hydrogen-bond donors (Lipinski definition) is 3. The molecule has 2 unspecified atom stereocenters. The Hall–Kier alpha value is -1.94. The third kappa shape index (κ3) is 70.3. The smallest absolute Gasteiger partial charge is 0.462 e. The van der Waals surface area contributed by atoms with Crippen molar-refractivity contribution in [2.75, 3.05) is 39.6 Å². The van der Waals surface area contributed by atoms with Gasteiger partial charge in [-0.2, -0.15) is 0 Å². The van der Waals surface area contributed by atoms with Crippen molar-refractivity contribution in [1.29, 1.82) is 0 Å². The van der Waals surface area contributed by atoms with Crippen molar-refractivity contribution in [3.63, 3.8) is 0 Å². The monoisotopic (exact) mass is 1400 g/mol. The normalized spacial score (nSPS) is 14.0. The van der Waals surface area contributed by atoms with Crippen molar-refractivity contribution in [2.24, 2.45) is 11.8 Å². The lowest BCUT2D eigenvalue weighted by molar-refractivity contribution is -0.161. The van der Waals surface area contributed by atoms with E-state index in [1.54, 1.807) is 0 Å². The summed E-state index contributed by atoms with van der Waals surface area (Å²) in [4.78, 5) is 72.8. The summed E-state index contributed by atoms with van der Waals surface area (Å²) in [7, 11) is -9.91. The van der Waals surface area contributed by atoms with Crippen molar-refractivity contribution in [3.8, 4) is 0 Å². The van der Waals surface area contributed by atoms with Crippen LogP contribution in [0.1, 0.15) is 395 Å². The maximum Gasteiger partial charge on any atom is 0.472 e. The molecule has 0 aromatic carbocycles. The zero-order valence-electron chi connectivity index (χ0n) is 62.0. The van der Waals surface area contributed by atoms with E-state index in [9.17, 15) is 43.2 Å². The molecule has 0 spiro atoms. The highest BCUT2D eigenvalue weighted by Crippen LogP contribution is 2.45. The maximum atomic E-state index is 13.1. The molecule has 0 saturated heterocycles. The van der Waals surface area contributed by atoms with Gasteiger partial charge in [0.15, 0.2) is 12.2 Å². The minimum atomic E-state index is -4.96. The number of carbonyl (C=O) groups is 4. The van der Waals surface area contributed by atoms with Gasteiger partial charge in [0.25, 0.3) is 0 Å². The average Bonchev–Trinajstić information content (AvgIpc) is 2.00. The summed E-state index contributed by atoms with van der Waals surface area (Å²) < 4.78 is 68.5. The van der Waals surface area contributed by atoms with Crippen LogP contribution in [0.5, 0.6) is 0 Å². The van der Waals surface area contributed by atoms with Crippen LogP contribution in [0.15, 0.2) is 0 Å². The molecule has 0 rings (SSSR count). The van der Waals surface area contributed by atoms with Gasteiger partial charge >= 0.3 is 39.5 Å². The Morgan fingerprint density at radius 3 is 0.716 bits per heavy atom. The summed E-state index contributed by atoms with van der Waals surface area (Å²) in [6.07, 6.45) is 55.4. The van der Waals surface area contributed by atoms with E-state index in [0.717, 1.165) is 102 Å². The molecular weight excluding hydrogens is 1250 g/mol. The van der Waals surface area contributed by atoms with Crippen LogP contribution in [0.25, 0.3) is 0 Å². The molecule has 19 heteroatoms. The zero-order chi connectivity index (χ0) is 70.0. The molecule has 0 aromatic rings. The summed E-state index contributed by atoms with van der Waals surface area (Å²) in [5.74, 6) is -0.567. The molecule has 0 aliphatic carbocycles. The van der Waals surface area contributed by atoms with Crippen molar-refractivity contribution < 1.29 is 80.2 Å². The van der Waals surface area contributed by atoms with Gasteiger partial charge < -0.3 is 33.8 Å². The predicted molar refractivity (Wildman–Crippen MR) is 386 cm³/mol. The predicted octanol–water partition coefficient (Wildman–Crippen LogP) is 22.3. The first kappa shape index (κ1) is 93.1. The highest BCUT2D eigenvalue weighted by atomic mass is 31.2. The molecule has 0 heterocycles. The summed E-state index contributed by atoms with van der Waals surface area (Å²) in [5.41, 5.74) is 0. The number of esters is 4. The van der Waals surface area contributed by atoms with E-state index < -0.39 is 97.5 Å². The molecule has 95 heavy (non-hydrogen) atoms. The number of unbranched alkanes of at least 4 members (excludes halogenated alkanes) is 45. The van der Waals surface area contributed by atoms with Gasteiger partial charge in [0.1, 0.15) is 19.3 Å². The first-order valence-corrected chi connectivity index (χ1v) is 42.5. The van der Waals surface area contributed by atoms with E-state index in [0.29, 0.717) is 25.7 Å². The number of aliphatic hydroxyl groups is 1. The summed E-state index contributed by atoms with van der Waals surface area (Å²) in [6, 6.07) is 0. The molecule has 17 nitrogen and oxygen atoms in total. The number of ether oxygens (including phenoxy) is 4. The standard InChI is InChI=1S/C76H148O17P2/c1-7-9-11-13-15-17-19-20-21-25-28-35-41-47-53-59-74(79)87-65-72(92-75(80)60-54-48-42-36-29-26-23-22-24-27-32-38-44-50-56-68(3)4)67-91-95(84,85)89-63-70(77)62-88-94(82,83)90-66-71(64-86-73(78)58-52-46-40-34-18-16-14-12-10-8-2)93-76(81)61-55-49-43-37-31-30-33-39-45-51-57-69(5)6/h68-72,77H,7-67H2,1-6H3,(H,82,83)(H,84,85)/t70-,71+,72+/m0/s1. The fourth-order valence-electron chi connectivity index (χ4n) is 11.7. The van der Waals surface area contributed by atoms with Gasteiger partial charge in [0.2, 0.25) is 0 Å². The molecule has 0 aromatic heterocycles. The largest absolute Gasteiger partial charge is 0.472 e. The quantitative estimate of drug-likeness (QED) is 0.0222. The molecule has 5 atom stereocenters. The number of carbonyl (C=O) groups excluding carboxylic acids is 4. The van der Waals surface area contributed by atoms with Gasteiger partial charge in [0.05, 0.1) is 26.4 Å². The van der Waals surface area contributed by atoms with Gasteiger partial charge in [-0.3, -0.25) is 37.3 Å². The number of phosphoric ester groups is 2. The van der Waals surface area contributed by atoms with Gasteiger partial charge in [0, 0.05) is 25.7 Å². The second kappa shape index (κ2) is 67.9. The first-order valence-electron chi connectivity index (χ1n) is 39.5. The van der Waals surface area contributed by atoms with Crippen LogP contribution in [0.3, 0.4) is 0 Å².